The molecule has 2 aliphatic rings. The van der Waals surface area contributed by atoms with E-state index in [1.54, 1.807) is 11.3 Å². The van der Waals surface area contributed by atoms with Crippen molar-refractivity contribution in [3.63, 3.8) is 0 Å². The molecule has 3 atom stereocenters. The first-order valence-electron chi connectivity index (χ1n) is 7.80. The molecule has 4 rings (SSSR count). The molecule has 116 valence electrons. The molecule has 3 unspecified atom stereocenters. The lowest BCUT2D eigenvalue weighted by Crippen LogP contribution is -2.17. The quantitative estimate of drug-likeness (QED) is 0.787. The van der Waals surface area contributed by atoms with Crippen LogP contribution >= 0.6 is 11.3 Å². The minimum Gasteiger partial charge on any atom is -0.456 e. The zero-order valence-electron chi connectivity index (χ0n) is 12.2. The van der Waals surface area contributed by atoms with E-state index < -0.39 is 0 Å². The number of nitrogens with zero attached hydrogens (tertiary/aromatic N) is 2. The third-order valence-electron chi connectivity index (χ3n) is 4.88. The Bertz CT molecular complexity index is 652. The minimum atomic E-state index is -0.145. The van der Waals surface area contributed by atoms with Gasteiger partial charge in [0.15, 0.2) is 6.61 Å². The van der Waals surface area contributed by atoms with E-state index in [0.29, 0.717) is 24.1 Å². The molecule has 2 fully saturated rings. The van der Waals surface area contributed by atoms with Crippen LogP contribution in [0.1, 0.15) is 38.0 Å². The van der Waals surface area contributed by atoms with Gasteiger partial charge in [-0.05, 0) is 48.5 Å². The summed E-state index contributed by atoms with van der Waals surface area (Å²) in [6, 6.07) is 3.87. The van der Waals surface area contributed by atoms with E-state index in [1.807, 2.05) is 17.5 Å². The van der Waals surface area contributed by atoms with Crippen molar-refractivity contribution < 1.29 is 14.1 Å². The predicted molar refractivity (Wildman–Crippen MR) is 81.0 cm³/mol. The molecule has 2 aliphatic carbocycles. The number of carbonyl (C=O) groups excluding carboxylic acids is 1. The van der Waals surface area contributed by atoms with E-state index in [-0.39, 0.29) is 12.6 Å². The molecule has 5 nitrogen and oxygen atoms in total. The molecule has 0 aromatic carbocycles. The van der Waals surface area contributed by atoms with Crippen LogP contribution in [0.25, 0.3) is 10.7 Å². The number of carbonyl (C=O) groups is 1. The number of rotatable bonds is 5. The average Bonchev–Trinajstić information content (AvgIpc) is 3.27. The summed E-state index contributed by atoms with van der Waals surface area (Å²) in [5.41, 5.74) is 0. The van der Waals surface area contributed by atoms with Gasteiger partial charge < -0.3 is 9.26 Å². The maximum Gasteiger partial charge on any atom is 0.306 e. The van der Waals surface area contributed by atoms with Gasteiger partial charge in [0.05, 0.1) is 4.88 Å². The van der Waals surface area contributed by atoms with Gasteiger partial charge in [0.1, 0.15) is 0 Å². The summed E-state index contributed by atoms with van der Waals surface area (Å²) in [7, 11) is 0. The van der Waals surface area contributed by atoms with E-state index in [0.717, 1.165) is 16.7 Å². The Morgan fingerprint density at radius 1 is 1.41 bits per heavy atom. The summed E-state index contributed by atoms with van der Waals surface area (Å²) in [6.07, 6.45) is 5.68. The fraction of sp³-hybridized carbons (Fsp3) is 0.562. The second-order valence-corrected chi connectivity index (χ2v) is 7.24. The Kier molecular flexibility index (Phi) is 3.70. The molecular weight excluding hydrogens is 300 g/mol. The smallest absolute Gasteiger partial charge is 0.306 e. The molecule has 2 bridgehead atoms. The van der Waals surface area contributed by atoms with E-state index >= 15 is 0 Å². The van der Waals surface area contributed by atoms with Crippen molar-refractivity contribution in [2.45, 2.75) is 38.7 Å². The number of thiophene rings is 1. The van der Waals surface area contributed by atoms with Crippen LogP contribution < -0.4 is 0 Å². The topological polar surface area (TPSA) is 65.2 Å². The first-order valence-corrected chi connectivity index (χ1v) is 8.68. The molecule has 0 N–H and O–H groups in total. The first kappa shape index (κ1) is 13.9. The molecule has 6 heteroatoms. The van der Waals surface area contributed by atoms with E-state index in [4.69, 9.17) is 9.26 Å². The van der Waals surface area contributed by atoms with Crippen LogP contribution in [0, 0.1) is 17.8 Å². The molecule has 0 radical (unpaired) electrons. The number of aromatic nitrogens is 2. The van der Waals surface area contributed by atoms with E-state index in [2.05, 4.69) is 10.1 Å². The molecule has 22 heavy (non-hydrogen) atoms. The largest absolute Gasteiger partial charge is 0.456 e. The zero-order valence-corrected chi connectivity index (χ0v) is 13.1. The van der Waals surface area contributed by atoms with Crippen LogP contribution in [0.4, 0.5) is 0 Å². The highest BCUT2D eigenvalue weighted by molar-refractivity contribution is 7.13. The van der Waals surface area contributed by atoms with Crippen molar-refractivity contribution in [2.75, 3.05) is 0 Å². The summed E-state index contributed by atoms with van der Waals surface area (Å²) in [4.78, 5) is 17.2. The van der Waals surface area contributed by atoms with Gasteiger partial charge in [0.2, 0.25) is 5.82 Å². The van der Waals surface area contributed by atoms with Gasteiger partial charge in [-0.25, -0.2) is 0 Å². The Labute approximate surface area is 132 Å². The molecule has 2 aromatic heterocycles. The van der Waals surface area contributed by atoms with Crippen molar-refractivity contribution in [3.8, 4) is 10.7 Å². The van der Waals surface area contributed by atoms with Crippen molar-refractivity contribution in [1.29, 1.82) is 0 Å². The van der Waals surface area contributed by atoms with Gasteiger partial charge in [-0.1, -0.05) is 17.6 Å². The van der Waals surface area contributed by atoms with Crippen LogP contribution in [0.15, 0.2) is 22.0 Å². The third kappa shape index (κ3) is 2.79. The van der Waals surface area contributed by atoms with Crippen LogP contribution in [-0.2, 0) is 16.1 Å². The van der Waals surface area contributed by atoms with Crippen molar-refractivity contribution in [3.05, 3.63) is 23.4 Å². The van der Waals surface area contributed by atoms with E-state index in [1.165, 1.54) is 25.7 Å². The summed E-state index contributed by atoms with van der Waals surface area (Å²) < 4.78 is 10.4. The molecule has 0 saturated heterocycles. The van der Waals surface area contributed by atoms with Crippen LogP contribution in [0.5, 0.6) is 0 Å². The summed E-state index contributed by atoms with van der Waals surface area (Å²) in [6.45, 7) is 0.0675. The van der Waals surface area contributed by atoms with Crippen LogP contribution in [0.3, 0.4) is 0 Å². The minimum absolute atomic E-state index is 0.0675. The van der Waals surface area contributed by atoms with Crippen molar-refractivity contribution in [2.24, 2.45) is 17.8 Å². The lowest BCUT2D eigenvalue weighted by atomic mass is 9.86. The van der Waals surface area contributed by atoms with Gasteiger partial charge in [-0.2, -0.15) is 4.98 Å². The lowest BCUT2D eigenvalue weighted by molar-refractivity contribution is -0.147. The normalized spacial score (nSPS) is 26.5. The second-order valence-electron chi connectivity index (χ2n) is 6.29. The summed E-state index contributed by atoms with van der Waals surface area (Å²) in [5.74, 6) is 2.88. The summed E-state index contributed by atoms with van der Waals surface area (Å²) in [5, 5.41) is 5.86. The number of hydrogen-bond donors (Lipinski definition) is 0. The fourth-order valence-electron chi connectivity index (χ4n) is 3.86. The Morgan fingerprint density at radius 3 is 3.09 bits per heavy atom. The maximum atomic E-state index is 12.0. The highest BCUT2D eigenvalue weighted by Crippen LogP contribution is 2.49. The first-order chi connectivity index (χ1) is 10.8. The van der Waals surface area contributed by atoms with Gasteiger partial charge in [-0.3, -0.25) is 4.79 Å². The number of hydrogen-bond acceptors (Lipinski definition) is 6. The molecule has 2 heterocycles. The van der Waals surface area contributed by atoms with Gasteiger partial charge in [0.25, 0.3) is 5.89 Å². The molecule has 0 spiro atoms. The number of fused-ring (bicyclic) bond motifs is 2. The number of esters is 1. The third-order valence-corrected chi connectivity index (χ3v) is 5.75. The molecule has 2 saturated carbocycles. The Balaban J connectivity index is 1.28. The number of ether oxygens (including phenoxy) is 1. The fourth-order valence-corrected chi connectivity index (χ4v) is 4.51. The lowest BCUT2D eigenvalue weighted by Gasteiger charge is -2.20. The van der Waals surface area contributed by atoms with Crippen LogP contribution in [-0.4, -0.2) is 16.1 Å². The Hall–Kier alpha value is -1.69. The zero-order chi connectivity index (χ0) is 14.9. The SMILES string of the molecule is O=C(CC1CC2CCC1C2)OCc1nc(-c2cccs2)no1. The molecular formula is C16H18N2O3S. The van der Waals surface area contributed by atoms with E-state index in [9.17, 15) is 4.79 Å². The van der Waals surface area contributed by atoms with Crippen molar-refractivity contribution >= 4 is 17.3 Å². The Morgan fingerprint density at radius 2 is 2.36 bits per heavy atom. The van der Waals surface area contributed by atoms with Crippen molar-refractivity contribution in [1.82, 2.24) is 10.1 Å². The maximum absolute atomic E-state index is 12.0. The standard InChI is InChI=1S/C16H18N2O3S/c19-15(8-12-7-10-3-4-11(12)6-10)20-9-14-17-16(18-21-14)13-2-1-5-22-13/h1-2,5,10-12H,3-4,6-9H2. The van der Waals surface area contributed by atoms with Gasteiger partial charge in [-0.15, -0.1) is 11.3 Å². The second kappa shape index (κ2) is 5.83. The summed E-state index contributed by atoms with van der Waals surface area (Å²) >= 11 is 1.55. The van der Waals surface area contributed by atoms with Crippen LogP contribution in [0.2, 0.25) is 0 Å². The molecule has 0 aliphatic heterocycles. The predicted octanol–water partition coefficient (Wildman–Crippen LogP) is 3.67. The van der Waals surface area contributed by atoms with Gasteiger partial charge in [0, 0.05) is 6.42 Å². The molecule has 0 amide bonds. The highest BCUT2D eigenvalue weighted by atomic mass is 32.1. The van der Waals surface area contributed by atoms with Gasteiger partial charge >= 0.3 is 5.97 Å². The highest BCUT2D eigenvalue weighted by Gasteiger charge is 2.40. The molecule has 2 aromatic rings. The average molecular weight is 318 g/mol. The monoisotopic (exact) mass is 318 g/mol.